The third-order valence-electron chi connectivity index (χ3n) is 3.69. The highest BCUT2D eigenvalue weighted by molar-refractivity contribution is 8.15. The van der Waals surface area contributed by atoms with Crippen LogP contribution in [0.4, 0.5) is 0 Å². The van der Waals surface area contributed by atoms with Crippen LogP contribution >= 0.6 is 23.4 Å². The minimum absolute atomic E-state index is 0.0459. The Morgan fingerprint density at radius 3 is 2.68 bits per heavy atom. The first-order chi connectivity index (χ1) is 10.3. The molecule has 118 valence electrons. The molecule has 0 aliphatic carbocycles. The highest BCUT2D eigenvalue weighted by Gasteiger charge is 2.48. The van der Waals surface area contributed by atoms with Gasteiger partial charge >= 0.3 is 0 Å². The SMILES string of the molecule is CC(=O)N=C1S[C@H]2CS(=O)(=O)C[C@H]2N1Cc1ccc(Cl)cc1. The van der Waals surface area contributed by atoms with Crippen LogP contribution in [0, 0.1) is 0 Å². The second-order valence-corrected chi connectivity index (χ2v) is 9.26. The van der Waals surface area contributed by atoms with E-state index in [4.69, 9.17) is 11.6 Å². The zero-order valence-corrected chi connectivity index (χ0v) is 14.3. The van der Waals surface area contributed by atoms with E-state index in [-0.39, 0.29) is 28.7 Å². The minimum Gasteiger partial charge on any atom is -0.342 e. The summed E-state index contributed by atoms with van der Waals surface area (Å²) in [7, 11) is -3.01. The lowest BCUT2D eigenvalue weighted by molar-refractivity contribution is -0.115. The number of fused-ring (bicyclic) bond motifs is 1. The number of thioether (sulfide) groups is 1. The number of hydrogen-bond donors (Lipinski definition) is 0. The van der Waals surface area contributed by atoms with Gasteiger partial charge in [0.15, 0.2) is 15.0 Å². The normalized spacial score (nSPS) is 28.1. The van der Waals surface area contributed by atoms with Gasteiger partial charge in [0.05, 0.1) is 17.5 Å². The molecule has 0 radical (unpaired) electrons. The fraction of sp³-hybridized carbons (Fsp3) is 0.429. The lowest BCUT2D eigenvalue weighted by Gasteiger charge is -2.24. The van der Waals surface area contributed by atoms with Crippen LogP contribution in [0.1, 0.15) is 12.5 Å². The zero-order valence-electron chi connectivity index (χ0n) is 11.9. The molecule has 0 N–H and O–H groups in total. The lowest BCUT2D eigenvalue weighted by Crippen LogP contribution is -2.37. The number of amidine groups is 1. The Kier molecular flexibility index (Phi) is 4.22. The van der Waals surface area contributed by atoms with Crippen LogP contribution in [0.5, 0.6) is 0 Å². The van der Waals surface area contributed by atoms with Crippen molar-refractivity contribution in [2.75, 3.05) is 11.5 Å². The molecular formula is C14H15ClN2O3S2. The highest BCUT2D eigenvalue weighted by atomic mass is 35.5. The summed E-state index contributed by atoms with van der Waals surface area (Å²) in [6, 6.07) is 7.27. The van der Waals surface area contributed by atoms with Crippen molar-refractivity contribution in [1.82, 2.24) is 4.90 Å². The summed E-state index contributed by atoms with van der Waals surface area (Å²) in [5.41, 5.74) is 1.01. The Hall–Kier alpha value is -1.05. The predicted octanol–water partition coefficient (Wildman–Crippen LogP) is 1.96. The topological polar surface area (TPSA) is 66.8 Å². The van der Waals surface area contributed by atoms with E-state index < -0.39 is 9.84 Å². The molecule has 2 aliphatic rings. The van der Waals surface area contributed by atoms with Crippen LogP contribution in [0.3, 0.4) is 0 Å². The molecule has 2 fully saturated rings. The van der Waals surface area contributed by atoms with Gasteiger partial charge in [0.25, 0.3) is 0 Å². The van der Waals surface area contributed by atoms with Crippen LogP contribution in [-0.4, -0.2) is 47.2 Å². The van der Waals surface area contributed by atoms with Crippen molar-refractivity contribution < 1.29 is 13.2 Å². The summed E-state index contributed by atoms with van der Waals surface area (Å²) < 4.78 is 23.7. The van der Waals surface area contributed by atoms with Gasteiger partial charge in [-0.3, -0.25) is 4.79 Å². The largest absolute Gasteiger partial charge is 0.342 e. The quantitative estimate of drug-likeness (QED) is 0.808. The van der Waals surface area contributed by atoms with E-state index in [0.717, 1.165) is 5.56 Å². The first-order valence-electron chi connectivity index (χ1n) is 6.81. The summed E-state index contributed by atoms with van der Waals surface area (Å²) in [6.45, 7) is 1.92. The number of nitrogens with zero attached hydrogens (tertiary/aromatic N) is 2. The first kappa shape index (κ1) is 15.8. The summed E-state index contributed by atoms with van der Waals surface area (Å²) in [5, 5.41) is 1.22. The van der Waals surface area contributed by atoms with E-state index >= 15 is 0 Å². The number of aliphatic imine (C=N–C) groups is 1. The summed E-state index contributed by atoms with van der Waals surface area (Å²) in [5.74, 6) is -0.00242. The highest BCUT2D eigenvalue weighted by Crippen LogP contribution is 2.39. The second kappa shape index (κ2) is 5.86. The van der Waals surface area contributed by atoms with E-state index in [1.807, 2.05) is 17.0 Å². The monoisotopic (exact) mass is 358 g/mol. The van der Waals surface area contributed by atoms with Gasteiger partial charge < -0.3 is 4.90 Å². The maximum Gasteiger partial charge on any atom is 0.244 e. The maximum atomic E-state index is 11.9. The standard InChI is InChI=1S/C14H15ClN2O3S2/c1-9(18)16-14-17(6-10-2-4-11(15)5-3-10)12-7-22(19,20)8-13(12)21-14/h2-5,12-13H,6-8H2,1H3/t12-,13+/m1/s1. The fourth-order valence-electron chi connectivity index (χ4n) is 2.74. The molecule has 22 heavy (non-hydrogen) atoms. The molecule has 5 nitrogen and oxygen atoms in total. The maximum absolute atomic E-state index is 11.9. The van der Waals surface area contributed by atoms with Crippen molar-refractivity contribution in [2.45, 2.75) is 24.8 Å². The molecule has 2 atom stereocenters. The Morgan fingerprint density at radius 2 is 2.05 bits per heavy atom. The van der Waals surface area contributed by atoms with Crippen LogP contribution in [0.15, 0.2) is 29.3 Å². The summed E-state index contributed by atoms with van der Waals surface area (Å²) in [6.07, 6.45) is 0. The molecule has 0 spiro atoms. The molecule has 0 bridgehead atoms. The third-order valence-corrected chi connectivity index (χ3v) is 7.19. The molecule has 2 saturated heterocycles. The average molecular weight is 359 g/mol. The van der Waals surface area contributed by atoms with Gasteiger partial charge in [-0.25, -0.2) is 8.42 Å². The first-order valence-corrected chi connectivity index (χ1v) is 9.89. The molecule has 0 aromatic heterocycles. The van der Waals surface area contributed by atoms with Crippen molar-refractivity contribution in [3.05, 3.63) is 34.9 Å². The zero-order chi connectivity index (χ0) is 15.9. The molecule has 1 aromatic carbocycles. The van der Waals surface area contributed by atoms with E-state index in [0.29, 0.717) is 16.7 Å². The molecule has 1 amide bonds. The lowest BCUT2D eigenvalue weighted by atomic mass is 10.1. The predicted molar refractivity (Wildman–Crippen MR) is 88.9 cm³/mol. The van der Waals surface area contributed by atoms with Crippen LogP contribution in [-0.2, 0) is 21.2 Å². The van der Waals surface area contributed by atoms with Crippen molar-refractivity contribution in [2.24, 2.45) is 4.99 Å². The second-order valence-electron chi connectivity index (χ2n) is 5.47. The summed E-state index contributed by atoms with van der Waals surface area (Å²) in [4.78, 5) is 17.3. The summed E-state index contributed by atoms with van der Waals surface area (Å²) >= 11 is 7.28. The van der Waals surface area contributed by atoms with E-state index in [2.05, 4.69) is 4.99 Å². The Labute approximate surface area is 138 Å². The Bertz CT molecular complexity index is 731. The number of amides is 1. The van der Waals surface area contributed by atoms with Gasteiger partial charge in [-0.05, 0) is 17.7 Å². The van der Waals surface area contributed by atoms with E-state index in [1.165, 1.54) is 18.7 Å². The fourth-order valence-corrected chi connectivity index (χ4v) is 6.86. The molecule has 0 saturated carbocycles. The Balaban J connectivity index is 1.89. The van der Waals surface area contributed by atoms with Crippen molar-refractivity contribution in [3.63, 3.8) is 0 Å². The number of benzene rings is 1. The molecule has 8 heteroatoms. The van der Waals surface area contributed by atoms with Gasteiger partial charge in [0.2, 0.25) is 5.91 Å². The van der Waals surface area contributed by atoms with Crippen molar-refractivity contribution >= 4 is 44.3 Å². The number of carbonyl (C=O) groups is 1. The number of hydrogen-bond acceptors (Lipinski definition) is 4. The smallest absolute Gasteiger partial charge is 0.244 e. The van der Waals surface area contributed by atoms with Gasteiger partial charge in [-0.15, -0.1) is 0 Å². The average Bonchev–Trinajstić information content (AvgIpc) is 2.85. The molecule has 3 rings (SSSR count). The molecule has 2 aliphatic heterocycles. The van der Waals surface area contributed by atoms with Gasteiger partial charge in [-0.2, -0.15) is 4.99 Å². The van der Waals surface area contributed by atoms with Crippen LogP contribution < -0.4 is 0 Å². The number of carbonyl (C=O) groups excluding carboxylic acids is 1. The van der Waals surface area contributed by atoms with Gasteiger partial charge in [0, 0.05) is 23.7 Å². The Morgan fingerprint density at radius 1 is 1.36 bits per heavy atom. The van der Waals surface area contributed by atoms with Crippen molar-refractivity contribution in [1.29, 1.82) is 0 Å². The molecular weight excluding hydrogens is 344 g/mol. The third kappa shape index (κ3) is 3.31. The molecule has 2 heterocycles. The van der Waals surface area contributed by atoms with Gasteiger partial charge in [-0.1, -0.05) is 35.5 Å². The van der Waals surface area contributed by atoms with Gasteiger partial charge in [0.1, 0.15) is 0 Å². The number of halogens is 1. The van der Waals surface area contributed by atoms with E-state index in [1.54, 1.807) is 12.1 Å². The molecule has 0 unspecified atom stereocenters. The van der Waals surface area contributed by atoms with E-state index in [9.17, 15) is 13.2 Å². The van der Waals surface area contributed by atoms with Crippen LogP contribution in [0.2, 0.25) is 5.02 Å². The molecule has 1 aromatic rings. The minimum atomic E-state index is -3.01. The van der Waals surface area contributed by atoms with Crippen molar-refractivity contribution in [3.8, 4) is 0 Å². The number of rotatable bonds is 2. The number of sulfone groups is 1. The van der Waals surface area contributed by atoms with Crippen LogP contribution in [0.25, 0.3) is 0 Å².